The van der Waals surface area contributed by atoms with E-state index < -0.39 is 10.0 Å². The molecule has 0 saturated heterocycles. The predicted octanol–water partition coefficient (Wildman–Crippen LogP) is 2.07. The maximum absolute atomic E-state index is 12.6. The molecule has 0 bridgehead atoms. The maximum atomic E-state index is 12.6. The molecule has 0 spiro atoms. The number of nitrogens with one attached hydrogen (secondary N) is 2. The highest BCUT2D eigenvalue weighted by Gasteiger charge is 2.20. The number of hydrogen-bond acceptors (Lipinski definition) is 4. The summed E-state index contributed by atoms with van der Waals surface area (Å²) in [6, 6.07) is 10.9. The van der Waals surface area contributed by atoms with Gasteiger partial charge < -0.3 is 10.2 Å². The number of anilines is 2. The van der Waals surface area contributed by atoms with Gasteiger partial charge in [-0.25, -0.2) is 8.42 Å². The first-order chi connectivity index (χ1) is 12.3. The Morgan fingerprint density at radius 1 is 1.08 bits per heavy atom. The Hall–Kier alpha value is -2.87. The molecule has 1 heterocycles. The van der Waals surface area contributed by atoms with Crippen LogP contribution < -0.4 is 10.0 Å². The first-order valence-electron chi connectivity index (χ1n) is 8.03. The number of fused-ring (bicyclic) bond motifs is 1. The van der Waals surface area contributed by atoms with Crippen LogP contribution in [0.5, 0.6) is 0 Å². The summed E-state index contributed by atoms with van der Waals surface area (Å²) < 4.78 is 27.7. The van der Waals surface area contributed by atoms with E-state index in [2.05, 4.69) is 10.0 Å². The number of sulfonamides is 1. The summed E-state index contributed by atoms with van der Waals surface area (Å²) >= 11 is 0. The highest BCUT2D eigenvalue weighted by Crippen LogP contribution is 2.26. The minimum atomic E-state index is -3.77. The summed E-state index contributed by atoms with van der Waals surface area (Å²) in [5, 5.41) is 2.72. The van der Waals surface area contributed by atoms with Gasteiger partial charge in [0.2, 0.25) is 5.91 Å². The van der Waals surface area contributed by atoms with Crippen LogP contribution in [0, 0.1) is 0 Å². The average molecular weight is 373 g/mol. The summed E-state index contributed by atoms with van der Waals surface area (Å²) in [5.74, 6) is -0.227. The van der Waals surface area contributed by atoms with E-state index in [1.807, 2.05) is 0 Å². The topological polar surface area (TPSA) is 95.6 Å². The molecular formula is C18H19N3O4S. The van der Waals surface area contributed by atoms with Crippen molar-refractivity contribution >= 4 is 33.2 Å². The molecule has 2 aromatic carbocycles. The molecule has 7 nitrogen and oxygen atoms in total. The Morgan fingerprint density at radius 2 is 1.77 bits per heavy atom. The standard InChI is InChI=1S/C18H19N3O4S/c1-21(2)18(23)12-3-6-14(7-4-12)20-26(24,25)15-8-9-16-13(11-15)5-10-17(22)19-16/h3-4,6-9,11,20H,5,10H2,1-2H3,(H,19,22). The van der Waals surface area contributed by atoms with E-state index in [4.69, 9.17) is 0 Å². The largest absolute Gasteiger partial charge is 0.345 e. The van der Waals surface area contributed by atoms with Gasteiger partial charge in [0.25, 0.3) is 15.9 Å². The minimum Gasteiger partial charge on any atom is -0.345 e. The lowest BCUT2D eigenvalue weighted by atomic mass is 10.0. The SMILES string of the molecule is CN(C)C(=O)c1ccc(NS(=O)(=O)c2ccc3c(c2)CCC(=O)N3)cc1. The van der Waals surface area contributed by atoms with E-state index >= 15 is 0 Å². The number of carbonyl (C=O) groups excluding carboxylic acids is 2. The molecule has 0 fully saturated rings. The van der Waals surface area contributed by atoms with Gasteiger partial charge in [-0.15, -0.1) is 0 Å². The molecule has 0 saturated carbocycles. The van der Waals surface area contributed by atoms with Crippen molar-refractivity contribution in [3.63, 3.8) is 0 Å². The van der Waals surface area contributed by atoms with Gasteiger partial charge in [0, 0.05) is 37.5 Å². The molecule has 0 atom stereocenters. The smallest absolute Gasteiger partial charge is 0.261 e. The number of aryl methyl sites for hydroxylation is 1. The van der Waals surface area contributed by atoms with Gasteiger partial charge in [-0.3, -0.25) is 14.3 Å². The number of nitrogens with zero attached hydrogens (tertiary/aromatic N) is 1. The van der Waals surface area contributed by atoms with E-state index in [-0.39, 0.29) is 16.7 Å². The van der Waals surface area contributed by atoms with Crippen molar-refractivity contribution in [1.82, 2.24) is 4.90 Å². The van der Waals surface area contributed by atoms with E-state index in [0.29, 0.717) is 29.8 Å². The van der Waals surface area contributed by atoms with Crippen LogP contribution in [-0.2, 0) is 21.2 Å². The number of hydrogen-bond donors (Lipinski definition) is 2. The Kier molecular flexibility index (Phi) is 4.69. The van der Waals surface area contributed by atoms with Crippen LogP contribution in [0.25, 0.3) is 0 Å². The third-order valence-corrected chi connectivity index (χ3v) is 5.45. The molecule has 8 heteroatoms. The van der Waals surface area contributed by atoms with Crippen molar-refractivity contribution in [2.45, 2.75) is 17.7 Å². The summed E-state index contributed by atoms with van der Waals surface area (Å²) in [7, 11) is -0.467. The number of benzene rings is 2. The normalized spacial score (nSPS) is 13.5. The zero-order chi connectivity index (χ0) is 18.9. The van der Waals surface area contributed by atoms with Crippen LogP contribution in [-0.4, -0.2) is 39.2 Å². The van der Waals surface area contributed by atoms with Crippen LogP contribution in [0.4, 0.5) is 11.4 Å². The van der Waals surface area contributed by atoms with E-state index in [1.54, 1.807) is 50.5 Å². The zero-order valence-electron chi connectivity index (χ0n) is 14.4. The second-order valence-electron chi connectivity index (χ2n) is 6.25. The lowest BCUT2D eigenvalue weighted by Gasteiger charge is -2.18. The number of rotatable bonds is 4. The van der Waals surface area contributed by atoms with Crippen LogP contribution in [0.2, 0.25) is 0 Å². The lowest BCUT2D eigenvalue weighted by Crippen LogP contribution is -2.21. The van der Waals surface area contributed by atoms with Crippen LogP contribution in [0.3, 0.4) is 0 Å². The summed E-state index contributed by atoms with van der Waals surface area (Å²) in [6.07, 6.45) is 0.844. The monoisotopic (exact) mass is 373 g/mol. The van der Waals surface area contributed by atoms with Gasteiger partial charge in [0.05, 0.1) is 4.90 Å². The minimum absolute atomic E-state index is 0.0707. The second kappa shape index (κ2) is 6.80. The van der Waals surface area contributed by atoms with Crippen molar-refractivity contribution in [3.05, 3.63) is 53.6 Å². The molecule has 2 aromatic rings. The average Bonchev–Trinajstić information content (AvgIpc) is 2.60. The molecule has 3 rings (SSSR count). The first kappa shape index (κ1) is 17.9. The molecule has 1 aliphatic rings. The third-order valence-electron chi connectivity index (χ3n) is 4.07. The molecule has 136 valence electrons. The first-order valence-corrected chi connectivity index (χ1v) is 9.52. The Bertz CT molecular complexity index is 966. The summed E-state index contributed by atoms with van der Waals surface area (Å²) in [4.78, 5) is 24.9. The number of carbonyl (C=O) groups is 2. The summed E-state index contributed by atoms with van der Waals surface area (Å²) in [6.45, 7) is 0. The van der Waals surface area contributed by atoms with Gasteiger partial charge in [-0.1, -0.05) is 0 Å². The van der Waals surface area contributed by atoms with Gasteiger partial charge in [-0.05, 0) is 54.4 Å². The van der Waals surface area contributed by atoms with Crippen molar-refractivity contribution in [2.75, 3.05) is 24.1 Å². The lowest BCUT2D eigenvalue weighted by molar-refractivity contribution is -0.116. The number of amides is 2. The molecular weight excluding hydrogens is 354 g/mol. The maximum Gasteiger partial charge on any atom is 0.261 e. The fourth-order valence-corrected chi connectivity index (χ4v) is 3.79. The van der Waals surface area contributed by atoms with Crippen molar-refractivity contribution in [2.24, 2.45) is 0 Å². The molecule has 0 aromatic heterocycles. The van der Waals surface area contributed by atoms with E-state index in [1.165, 1.54) is 11.0 Å². The Labute approximate surface area is 152 Å². The van der Waals surface area contributed by atoms with Gasteiger partial charge in [0.1, 0.15) is 0 Å². The van der Waals surface area contributed by atoms with Crippen molar-refractivity contribution in [1.29, 1.82) is 0 Å². The molecule has 2 N–H and O–H groups in total. The van der Waals surface area contributed by atoms with Gasteiger partial charge in [0.15, 0.2) is 0 Å². The van der Waals surface area contributed by atoms with Crippen molar-refractivity contribution < 1.29 is 18.0 Å². The molecule has 1 aliphatic heterocycles. The van der Waals surface area contributed by atoms with E-state index in [0.717, 1.165) is 5.56 Å². The highest BCUT2D eigenvalue weighted by atomic mass is 32.2. The Morgan fingerprint density at radius 3 is 2.42 bits per heavy atom. The summed E-state index contributed by atoms with van der Waals surface area (Å²) in [5.41, 5.74) is 2.28. The molecule has 2 amide bonds. The second-order valence-corrected chi connectivity index (χ2v) is 7.93. The predicted molar refractivity (Wildman–Crippen MR) is 98.7 cm³/mol. The molecule has 0 aliphatic carbocycles. The van der Waals surface area contributed by atoms with Crippen LogP contribution >= 0.6 is 0 Å². The van der Waals surface area contributed by atoms with E-state index in [9.17, 15) is 18.0 Å². The van der Waals surface area contributed by atoms with Gasteiger partial charge >= 0.3 is 0 Å². The quantitative estimate of drug-likeness (QED) is 0.858. The Balaban J connectivity index is 1.81. The molecule has 26 heavy (non-hydrogen) atoms. The fourth-order valence-electron chi connectivity index (χ4n) is 2.68. The highest BCUT2D eigenvalue weighted by molar-refractivity contribution is 7.92. The van der Waals surface area contributed by atoms with Crippen molar-refractivity contribution in [3.8, 4) is 0 Å². The zero-order valence-corrected chi connectivity index (χ0v) is 15.3. The van der Waals surface area contributed by atoms with Crippen LogP contribution in [0.1, 0.15) is 22.3 Å². The fraction of sp³-hybridized carbons (Fsp3) is 0.222. The van der Waals surface area contributed by atoms with Crippen LogP contribution in [0.15, 0.2) is 47.4 Å². The molecule has 0 radical (unpaired) electrons. The molecule has 0 unspecified atom stereocenters. The third kappa shape index (κ3) is 3.70. The van der Waals surface area contributed by atoms with Gasteiger partial charge in [-0.2, -0.15) is 0 Å².